The van der Waals surface area contributed by atoms with Crippen LogP contribution < -0.4 is 0 Å². The van der Waals surface area contributed by atoms with Crippen LogP contribution in [0.5, 0.6) is 0 Å². The highest BCUT2D eigenvalue weighted by molar-refractivity contribution is 6.35. The van der Waals surface area contributed by atoms with E-state index >= 15 is 0 Å². The summed E-state index contributed by atoms with van der Waals surface area (Å²) >= 11 is 11.8. The molecule has 0 saturated heterocycles. The van der Waals surface area contributed by atoms with E-state index in [0.29, 0.717) is 28.1 Å². The average Bonchev–Trinajstić information content (AvgIpc) is 2.40. The van der Waals surface area contributed by atoms with Crippen LogP contribution >= 0.6 is 23.2 Å². The Labute approximate surface area is 117 Å². The molecule has 0 aliphatic heterocycles. The number of benzene rings is 1. The van der Waals surface area contributed by atoms with Gasteiger partial charge in [0.25, 0.3) is 0 Å². The fourth-order valence-corrected chi connectivity index (χ4v) is 2.65. The average molecular weight is 287 g/mol. The van der Waals surface area contributed by atoms with Gasteiger partial charge >= 0.3 is 5.97 Å². The third-order valence-corrected chi connectivity index (χ3v) is 3.89. The van der Waals surface area contributed by atoms with E-state index in [1.807, 2.05) is 0 Å². The van der Waals surface area contributed by atoms with Gasteiger partial charge < -0.3 is 4.74 Å². The van der Waals surface area contributed by atoms with Gasteiger partial charge in [-0.05, 0) is 37.0 Å². The van der Waals surface area contributed by atoms with Crippen LogP contribution in [0.25, 0.3) is 0 Å². The minimum atomic E-state index is -0.381. The maximum absolute atomic E-state index is 11.9. The monoisotopic (exact) mass is 286 g/mol. The molecule has 1 aliphatic rings. The standard InChI is InChI=1S/C14H16Cl2O2/c15-11-6-7-13(16)12(8-11)14(17)18-9-10-4-2-1-3-5-10/h6-8,10H,1-5,9H2. The van der Waals surface area contributed by atoms with Gasteiger partial charge in [0.05, 0.1) is 17.2 Å². The van der Waals surface area contributed by atoms with Crippen LogP contribution in [0, 0.1) is 5.92 Å². The molecule has 1 saturated carbocycles. The van der Waals surface area contributed by atoms with Gasteiger partial charge in [-0.3, -0.25) is 0 Å². The molecular formula is C14H16Cl2O2. The zero-order chi connectivity index (χ0) is 13.0. The maximum Gasteiger partial charge on any atom is 0.339 e. The van der Waals surface area contributed by atoms with Gasteiger partial charge in [-0.15, -0.1) is 0 Å². The quantitative estimate of drug-likeness (QED) is 0.751. The minimum absolute atomic E-state index is 0.347. The minimum Gasteiger partial charge on any atom is -0.462 e. The van der Waals surface area contributed by atoms with Crippen molar-refractivity contribution in [3.63, 3.8) is 0 Å². The summed E-state index contributed by atoms with van der Waals surface area (Å²) in [5, 5.41) is 0.872. The smallest absolute Gasteiger partial charge is 0.339 e. The fourth-order valence-electron chi connectivity index (χ4n) is 2.28. The highest BCUT2D eigenvalue weighted by Crippen LogP contribution is 2.25. The van der Waals surface area contributed by atoms with Crippen molar-refractivity contribution in [1.29, 1.82) is 0 Å². The molecule has 0 unspecified atom stereocenters. The van der Waals surface area contributed by atoms with Crippen LogP contribution in [0.4, 0.5) is 0 Å². The fraction of sp³-hybridized carbons (Fsp3) is 0.500. The number of ether oxygens (including phenoxy) is 1. The molecule has 2 rings (SSSR count). The lowest BCUT2D eigenvalue weighted by molar-refractivity contribution is 0.0410. The van der Waals surface area contributed by atoms with Gasteiger partial charge in [-0.25, -0.2) is 4.79 Å². The molecular weight excluding hydrogens is 271 g/mol. The van der Waals surface area contributed by atoms with Gasteiger partial charge in [-0.1, -0.05) is 42.5 Å². The van der Waals surface area contributed by atoms with E-state index in [-0.39, 0.29) is 5.97 Å². The predicted molar refractivity (Wildman–Crippen MR) is 73.3 cm³/mol. The number of esters is 1. The Bertz CT molecular complexity index is 426. The largest absolute Gasteiger partial charge is 0.462 e. The molecule has 0 spiro atoms. The molecule has 0 bridgehead atoms. The Kier molecular flexibility index (Phi) is 4.90. The summed E-state index contributed by atoms with van der Waals surface area (Å²) in [6.45, 7) is 0.488. The van der Waals surface area contributed by atoms with E-state index < -0.39 is 0 Å². The van der Waals surface area contributed by atoms with Gasteiger partial charge in [0.1, 0.15) is 0 Å². The van der Waals surface area contributed by atoms with E-state index in [2.05, 4.69) is 0 Å². The molecule has 0 N–H and O–H groups in total. The van der Waals surface area contributed by atoms with E-state index in [4.69, 9.17) is 27.9 Å². The first-order chi connectivity index (χ1) is 8.66. The zero-order valence-corrected chi connectivity index (χ0v) is 11.6. The van der Waals surface area contributed by atoms with Crippen molar-refractivity contribution in [2.75, 3.05) is 6.61 Å². The lowest BCUT2D eigenvalue weighted by Gasteiger charge is -2.21. The summed E-state index contributed by atoms with van der Waals surface area (Å²) in [7, 11) is 0. The molecule has 1 aromatic rings. The van der Waals surface area contributed by atoms with Crippen LogP contribution in [0.2, 0.25) is 10.0 Å². The van der Waals surface area contributed by atoms with E-state index in [9.17, 15) is 4.79 Å². The van der Waals surface area contributed by atoms with Crippen molar-refractivity contribution in [2.24, 2.45) is 5.92 Å². The molecule has 0 heterocycles. The number of hydrogen-bond acceptors (Lipinski definition) is 2. The molecule has 0 amide bonds. The first kappa shape index (κ1) is 13.7. The third kappa shape index (κ3) is 3.63. The Hall–Kier alpha value is -0.730. The summed E-state index contributed by atoms with van der Waals surface area (Å²) in [4.78, 5) is 11.9. The highest BCUT2D eigenvalue weighted by atomic mass is 35.5. The SMILES string of the molecule is O=C(OCC1CCCCC1)c1cc(Cl)ccc1Cl. The second kappa shape index (κ2) is 6.44. The van der Waals surface area contributed by atoms with Crippen molar-refractivity contribution < 1.29 is 9.53 Å². The first-order valence-electron chi connectivity index (χ1n) is 6.29. The summed E-state index contributed by atoms with van der Waals surface area (Å²) in [5.74, 6) is 0.119. The number of carbonyl (C=O) groups excluding carboxylic acids is 1. The van der Waals surface area contributed by atoms with Crippen molar-refractivity contribution in [2.45, 2.75) is 32.1 Å². The Morgan fingerprint density at radius 2 is 1.94 bits per heavy atom. The summed E-state index contributed by atoms with van der Waals surface area (Å²) in [6.07, 6.45) is 6.07. The topological polar surface area (TPSA) is 26.3 Å². The Morgan fingerprint density at radius 3 is 2.67 bits per heavy atom. The molecule has 0 aromatic heterocycles. The molecule has 0 atom stereocenters. The normalized spacial score (nSPS) is 16.6. The lowest BCUT2D eigenvalue weighted by atomic mass is 9.90. The lowest BCUT2D eigenvalue weighted by Crippen LogP contribution is -2.17. The number of rotatable bonds is 3. The summed E-state index contributed by atoms with van der Waals surface area (Å²) < 4.78 is 5.32. The van der Waals surface area contributed by atoms with Gasteiger partial charge in [0.15, 0.2) is 0 Å². The van der Waals surface area contributed by atoms with Gasteiger partial charge in [0, 0.05) is 5.02 Å². The van der Waals surface area contributed by atoms with Gasteiger partial charge in [-0.2, -0.15) is 0 Å². The van der Waals surface area contributed by atoms with E-state index in [1.54, 1.807) is 18.2 Å². The molecule has 1 aliphatic carbocycles. The van der Waals surface area contributed by atoms with Gasteiger partial charge in [0.2, 0.25) is 0 Å². The first-order valence-corrected chi connectivity index (χ1v) is 7.04. The second-order valence-corrected chi connectivity index (χ2v) is 5.57. The molecule has 18 heavy (non-hydrogen) atoms. The van der Waals surface area contributed by atoms with Crippen molar-refractivity contribution in [3.8, 4) is 0 Å². The van der Waals surface area contributed by atoms with Crippen LogP contribution in [-0.2, 0) is 4.74 Å². The molecule has 4 heteroatoms. The van der Waals surface area contributed by atoms with Crippen LogP contribution in [0.3, 0.4) is 0 Å². The third-order valence-electron chi connectivity index (χ3n) is 3.32. The Balaban J connectivity index is 1.92. The second-order valence-electron chi connectivity index (χ2n) is 4.73. The molecule has 0 radical (unpaired) electrons. The molecule has 2 nitrogen and oxygen atoms in total. The number of carbonyl (C=O) groups is 1. The highest BCUT2D eigenvalue weighted by Gasteiger charge is 2.17. The van der Waals surface area contributed by atoms with E-state index in [0.717, 1.165) is 12.8 Å². The van der Waals surface area contributed by atoms with Crippen LogP contribution in [0.1, 0.15) is 42.5 Å². The number of halogens is 2. The van der Waals surface area contributed by atoms with Crippen molar-refractivity contribution >= 4 is 29.2 Å². The zero-order valence-electron chi connectivity index (χ0n) is 10.1. The summed E-state index contributed by atoms with van der Waals surface area (Å²) in [6, 6.07) is 4.82. The van der Waals surface area contributed by atoms with E-state index in [1.165, 1.54) is 19.3 Å². The maximum atomic E-state index is 11.9. The number of hydrogen-bond donors (Lipinski definition) is 0. The molecule has 1 aromatic carbocycles. The summed E-state index contributed by atoms with van der Waals surface area (Å²) in [5.41, 5.74) is 0.347. The van der Waals surface area contributed by atoms with Crippen LogP contribution in [0.15, 0.2) is 18.2 Å². The van der Waals surface area contributed by atoms with Crippen LogP contribution in [-0.4, -0.2) is 12.6 Å². The predicted octanol–water partition coefficient (Wildman–Crippen LogP) is 4.73. The van der Waals surface area contributed by atoms with Crippen molar-refractivity contribution in [1.82, 2.24) is 0 Å². The molecule has 1 fully saturated rings. The van der Waals surface area contributed by atoms with Crippen molar-refractivity contribution in [3.05, 3.63) is 33.8 Å². The Morgan fingerprint density at radius 1 is 1.22 bits per heavy atom. The molecule has 98 valence electrons.